The molecule has 0 aliphatic rings. The zero-order chi connectivity index (χ0) is 27.6. The van der Waals surface area contributed by atoms with E-state index < -0.39 is 22.5 Å². The van der Waals surface area contributed by atoms with E-state index in [9.17, 15) is 13.2 Å². The number of nitrogen functional groups attached to an aromatic ring is 1. The topological polar surface area (TPSA) is 149 Å². The third-order valence-electron chi connectivity index (χ3n) is 5.90. The number of methoxy groups -OCH3 is 1. The molecule has 0 radical (unpaired) electrons. The van der Waals surface area contributed by atoms with E-state index in [4.69, 9.17) is 20.6 Å². The van der Waals surface area contributed by atoms with Gasteiger partial charge in [-0.1, -0.05) is 18.2 Å². The van der Waals surface area contributed by atoms with Crippen molar-refractivity contribution in [3.05, 3.63) is 89.6 Å². The molecule has 12 heteroatoms. The number of ether oxygens (including phenoxy) is 2. The maximum atomic E-state index is 13.9. The Morgan fingerprint density at radius 3 is 2.59 bits per heavy atom. The van der Waals surface area contributed by atoms with Crippen LogP contribution in [-0.2, 0) is 26.2 Å². The number of hydrogen-bond acceptors (Lipinski definition) is 9. The van der Waals surface area contributed by atoms with E-state index in [0.29, 0.717) is 32.7 Å². The Hall–Kier alpha value is -4.55. The summed E-state index contributed by atoms with van der Waals surface area (Å²) in [5, 5.41) is 8.82. The van der Waals surface area contributed by atoms with E-state index >= 15 is 0 Å². The fourth-order valence-electron chi connectivity index (χ4n) is 3.96. The molecule has 0 bridgehead atoms. The lowest BCUT2D eigenvalue weighted by Crippen LogP contribution is -2.36. The van der Waals surface area contributed by atoms with Gasteiger partial charge in [0.15, 0.2) is 0 Å². The van der Waals surface area contributed by atoms with Crippen molar-refractivity contribution in [2.45, 2.75) is 11.5 Å². The predicted molar refractivity (Wildman–Crippen MR) is 150 cm³/mol. The number of thiazole rings is 1. The Morgan fingerprint density at radius 1 is 1.08 bits per heavy atom. The lowest BCUT2D eigenvalue weighted by molar-refractivity contribution is -0.138. The highest BCUT2D eigenvalue weighted by Gasteiger charge is 2.30. The summed E-state index contributed by atoms with van der Waals surface area (Å²) in [5.74, 6) is -0.141. The second-order valence-electron chi connectivity index (χ2n) is 8.41. The molecule has 5 rings (SSSR count). The molecular weight excluding hydrogens is 538 g/mol. The van der Waals surface area contributed by atoms with E-state index in [2.05, 4.69) is 9.97 Å². The maximum Gasteiger partial charge on any atom is 0.326 e. The van der Waals surface area contributed by atoms with Gasteiger partial charge in [0.05, 0.1) is 28.5 Å². The largest absolute Gasteiger partial charge is 0.486 e. The molecule has 0 aliphatic heterocycles. The lowest BCUT2D eigenvalue weighted by atomic mass is 10.2. The average molecular weight is 562 g/mol. The summed E-state index contributed by atoms with van der Waals surface area (Å²) in [4.78, 5) is 21.2. The SMILES string of the molecule is COC(=O)CN(c1ccc2sc(COc3ccc(C(=N)N)cc3)nc2c1)S(=O)(=O)c1cccc2cccnc12. The number of sulfonamides is 1. The monoisotopic (exact) mass is 561 g/mol. The standard InChI is InChI=1S/C27H23N5O5S2/c1-36-25(33)15-32(39(34,35)23-6-2-4-17-5-3-13-30-26(17)23)19-9-12-22-21(14-19)31-24(38-22)16-37-20-10-7-18(8-11-20)27(28)29/h2-14H,15-16H2,1H3,(H3,28,29). The summed E-state index contributed by atoms with van der Waals surface area (Å²) in [5.41, 5.74) is 7.21. The van der Waals surface area contributed by atoms with Crippen molar-refractivity contribution in [3.63, 3.8) is 0 Å². The van der Waals surface area contributed by atoms with Crippen molar-refractivity contribution in [3.8, 4) is 5.75 Å². The Balaban J connectivity index is 1.47. The van der Waals surface area contributed by atoms with Crippen LogP contribution in [0.5, 0.6) is 5.75 Å². The first-order chi connectivity index (χ1) is 18.8. The van der Waals surface area contributed by atoms with Gasteiger partial charge in [-0.15, -0.1) is 11.3 Å². The first kappa shape index (κ1) is 26.1. The number of nitrogens with one attached hydrogen (secondary N) is 1. The first-order valence-corrected chi connectivity index (χ1v) is 13.9. The van der Waals surface area contributed by atoms with Crippen LogP contribution in [0.4, 0.5) is 5.69 Å². The van der Waals surface area contributed by atoms with Gasteiger partial charge in [-0.3, -0.25) is 19.5 Å². The van der Waals surface area contributed by atoms with Gasteiger partial charge in [-0.05, 0) is 54.6 Å². The molecule has 0 spiro atoms. The van der Waals surface area contributed by atoms with Crippen molar-refractivity contribution >= 4 is 60.0 Å². The van der Waals surface area contributed by atoms with Crippen LogP contribution in [0.3, 0.4) is 0 Å². The molecule has 10 nitrogen and oxygen atoms in total. The number of amidine groups is 1. The molecule has 0 unspecified atom stereocenters. The maximum absolute atomic E-state index is 13.9. The minimum atomic E-state index is -4.21. The van der Waals surface area contributed by atoms with Crippen molar-refractivity contribution in [2.24, 2.45) is 5.73 Å². The van der Waals surface area contributed by atoms with E-state index in [1.807, 2.05) is 0 Å². The number of benzene rings is 3. The fraction of sp³-hybridized carbons (Fsp3) is 0.111. The van der Waals surface area contributed by atoms with Crippen molar-refractivity contribution in [1.82, 2.24) is 9.97 Å². The van der Waals surface area contributed by atoms with Crippen LogP contribution in [-0.4, -0.2) is 43.8 Å². The summed E-state index contributed by atoms with van der Waals surface area (Å²) in [7, 11) is -3.00. The van der Waals surface area contributed by atoms with Gasteiger partial charge < -0.3 is 15.2 Å². The van der Waals surface area contributed by atoms with Gasteiger partial charge in [0.25, 0.3) is 10.0 Å². The third kappa shape index (κ3) is 5.38. The van der Waals surface area contributed by atoms with Crippen molar-refractivity contribution in [1.29, 1.82) is 5.41 Å². The van der Waals surface area contributed by atoms with Crippen LogP contribution in [0.2, 0.25) is 0 Å². The van der Waals surface area contributed by atoms with E-state index in [1.165, 1.54) is 30.7 Å². The molecule has 0 aliphatic carbocycles. The minimum absolute atomic E-state index is 0.0206. The van der Waals surface area contributed by atoms with Crippen LogP contribution >= 0.6 is 11.3 Å². The number of carbonyl (C=O) groups is 1. The number of carbonyl (C=O) groups excluding carboxylic acids is 1. The molecule has 0 atom stereocenters. The van der Waals surface area contributed by atoms with Gasteiger partial charge in [0.1, 0.15) is 34.6 Å². The molecule has 39 heavy (non-hydrogen) atoms. The molecule has 3 N–H and O–H groups in total. The van der Waals surface area contributed by atoms with Crippen molar-refractivity contribution < 1.29 is 22.7 Å². The predicted octanol–water partition coefficient (Wildman–Crippen LogP) is 4.08. The number of anilines is 1. The summed E-state index contributed by atoms with van der Waals surface area (Å²) in [6.45, 7) is -0.329. The van der Waals surface area contributed by atoms with Gasteiger partial charge in [-0.25, -0.2) is 13.4 Å². The minimum Gasteiger partial charge on any atom is -0.486 e. The van der Waals surface area contributed by atoms with E-state index in [1.54, 1.807) is 66.7 Å². The second-order valence-corrected chi connectivity index (χ2v) is 11.4. The molecule has 0 saturated carbocycles. The zero-order valence-corrected chi connectivity index (χ0v) is 22.3. The van der Waals surface area contributed by atoms with Gasteiger partial charge >= 0.3 is 5.97 Å². The first-order valence-electron chi connectivity index (χ1n) is 11.7. The number of esters is 1. The number of nitrogens with two attached hydrogens (primary N) is 1. The number of hydrogen-bond donors (Lipinski definition) is 2. The Morgan fingerprint density at radius 2 is 1.85 bits per heavy atom. The highest BCUT2D eigenvalue weighted by atomic mass is 32.2. The Bertz CT molecular complexity index is 1800. The highest BCUT2D eigenvalue weighted by molar-refractivity contribution is 7.93. The zero-order valence-electron chi connectivity index (χ0n) is 20.7. The van der Waals surface area contributed by atoms with Crippen LogP contribution in [0, 0.1) is 5.41 Å². The van der Waals surface area contributed by atoms with Gasteiger partial charge in [0, 0.05) is 17.1 Å². The van der Waals surface area contributed by atoms with Gasteiger partial charge in [0.2, 0.25) is 0 Å². The molecule has 0 saturated heterocycles. The number of aromatic nitrogens is 2. The molecule has 2 heterocycles. The lowest BCUT2D eigenvalue weighted by Gasteiger charge is -2.23. The van der Waals surface area contributed by atoms with E-state index in [0.717, 1.165) is 9.01 Å². The molecule has 0 amide bonds. The van der Waals surface area contributed by atoms with Crippen LogP contribution in [0.25, 0.3) is 21.1 Å². The Labute approximate surface area is 228 Å². The normalized spacial score (nSPS) is 11.4. The number of nitrogens with zero attached hydrogens (tertiary/aromatic N) is 3. The molecule has 3 aromatic carbocycles. The summed E-state index contributed by atoms with van der Waals surface area (Å²) in [6, 6.07) is 20.2. The number of pyridine rings is 1. The second kappa shape index (κ2) is 10.7. The molecule has 2 aromatic heterocycles. The number of rotatable bonds is 9. The number of para-hydroxylation sites is 1. The number of fused-ring (bicyclic) bond motifs is 2. The quantitative estimate of drug-likeness (QED) is 0.155. The summed E-state index contributed by atoms with van der Waals surface area (Å²) in [6.07, 6.45) is 1.52. The average Bonchev–Trinajstić information content (AvgIpc) is 3.36. The molecule has 0 fully saturated rings. The van der Waals surface area contributed by atoms with E-state index in [-0.39, 0.29) is 23.0 Å². The fourth-order valence-corrected chi connectivity index (χ4v) is 6.39. The van der Waals surface area contributed by atoms with Crippen LogP contribution in [0.15, 0.2) is 83.9 Å². The van der Waals surface area contributed by atoms with Crippen LogP contribution in [0.1, 0.15) is 10.6 Å². The summed E-state index contributed by atoms with van der Waals surface area (Å²) >= 11 is 1.41. The smallest absolute Gasteiger partial charge is 0.326 e. The van der Waals surface area contributed by atoms with Gasteiger partial charge in [-0.2, -0.15) is 0 Å². The Kier molecular flexibility index (Phi) is 7.13. The van der Waals surface area contributed by atoms with Crippen molar-refractivity contribution in [2.75, 3.05) is 18.0 Å². The highest BCUT2D eigenvalue weighted by Crippen LogP contribution is 2.32. The molecular formula is C27H23N5O5S2. The van der Waals surface area contributed by atoms with Crippen LogP contribution < -0.4 is 14.8 Å². The molecule has 198 valence electrons. The third-order valence-corrected chi connectivity index (χ3v) is 8.71. The summed E-state index contributed by atoms with van der Waals surface area (Å²) < 4.78 is 40.2. The molecule has 5 aromatic rings.